The highest BCUT2D eigenvalue weighted by atomic mass is 35.5. The van der Waals surface area contributed by atoms with Crippen molar-refractivity contribution in [1.82, 2.24) is 5.32 Å². The van der Waals surface area contributed by atoms with Crippen LogP contribution in [0.4, 0.5) is 0 Å². The molecule has 4 nitrogen and oxygen atoms in total. The summed E-state index contributed by atoms with van der Waals surface area (Å²) in [5.41, 5.74) is 6.76. The van der Waals surface area contributed by atoms with E-state index in [-0.39, 0.29) is 30.5 Å². The molecule has 1 aliphatic carbocycles. The van der Waals surface area contributed by atoms with Gasteiger partial charge in [0.15, 0.2) is 0 Å². The summed E-state index contributed by atoms with van der Waals surface area (Å²) in [7, 11) is 1.56. The van der Waals surface area contributed by atoms with E-state index in [1.807, 2.05) is 18.2 Å². The second-order valence-electron chi connectivity index (χ2n) is 5.56. The van der Waals surface area contributed by atoms with Crippen LogP contribution in [0, 0.1) is 0 Å². The summed E-state index contributed by atoms with van der Waals surface area (Å²) in [4.78, 5) is 12.3. The van der Waals surface area contributed by atoms with Gasteiger partial charge in [0.25, 0.3) is 0 Å². The molecule has 0 heterocycles. The van der Waals surface area contributed by atoms with Crippen LogP contribution in [0.3, 0.4) is 0 Å². The van der Waals surface area contributed by atoms with E-state index in [0.29, 0.717) is 0 Å². The molecular weight excluding hydrogens is 288 g/mol. The van der Waals surface area contributed by atoms with E-state index in [1.54, 1.807) is 7.11 Å². The number of halogens is 1. The van der Waals surface area contributed by atoms with Gasteiger partial charge >= 0.3 is 0 Å². The lowest BCUT2D eigenvalue weighted by molar-refractivity contribution is -0.126. The minimum Gasteiger partial charge on any atom is -0.383 e. The highest BCUT2D eigenvalue weighted by molar-refractivity contribution is 5.85. The van der Waals surface area contributed by atoms with E-state index >= 15 is 0 Å². The molecular formula is C16H25ClN2O2. The molecule has 2 rings (SSSR count). The molecule has 0 spiro atoms. The quantitative estimate of drug-likeness (QED) is 0.877. The van der Waals surface area contributed by atoms with Gasteiger partial charge in [-0.25, -0.2) is 0 Å². The minimum absolute atomic E-state index is 0. The van der Waals surface area contributed by atoms with E-state index < -0.39 is 6.04 Å². The number of carbonyl (C=O) groups is 1. The number of amides is 1. The third-order valence-corrected chi connectivity index (χ3v) is 4.08. The molecule has 1 amide bonds. The number of hydrogen-bond donors (Lipinski definition) is 2. The van der Waals surface area contributed by atoms with Crippen molar-refractivity contribution in [1.29, 1.82) is 0 Å². The molecule has 21 heavy (non-hydrogen) atoms. The van der Waals surface area contributed by atoms with Crippen molar-refractivity contribution >= 4 is 18.3 Å². The zero-order valence-corrected chi connectivity index (χ0v) is 13.3. The first-order chi connectivity index (χ1) is 9.68. The summed E-state index contributed by atoms with van der Waals surface area (Å²) < 4.78 is 4.97. The zero-order valence-electron chi connectivity index (χ0n) is 12.5. The number of hydrogen-bond acceptors (Lipinski definition) is 3. The highest BCUT2D eigenvalue weighted by Gasteiger charge is 2.36. The molecule has 1 saturated carbocycles. The van der Waals surface area contributed by atoms with Crippen molar-refractivity contribution in [3.63, 3.8) is 0 Å². The lowest BCUT2D eigenvalue weighted by Gasteiger charge is -2.39. The van der Waals surface area contributed by atoms with Crippen LogP contribution in [0.5, 0.6) is 0 Å². The highest BCUT2D eigenvalue weighted by Crippen LogP contribution is 2.37. The first-order valence-electron chi connectivity index (χ1n) is 7.30. The Balaban J connectivity index is 0.00000220. The monoisotopic (exact) mass is 312 g/mol. The maximum absolute atomic E-state index is 12.3. The van der Waals surface area contributed by atoms with Gasteiger partial charge in [-0.15, -0.1) is 12.4 Å². The van der Waals surface area contributed by atoms with Gasteiger partial charge in [0, 0.05) is 7.11 Å². The van der Waals surface area contributed by atoms with Crippen LogP contribution in [-0.4, -0.2) is 25.7 Å². The lowest BCUT2D eigenvalue weighted by atomic mass is 9.76. The van der Waals surface area contributed by atoms with E-state index in [4.69, 9.17) is 10.5 Å². The average Bonchev–Trinajstić information content (AvgIpc) is 2.49. The predicted molar refractivity (Wildman–Crippen MR) is 86.4 cm³/mol. The van der Waals surface area contributed by atoms with Crippen LogP contribution >= 0.6 is 12.4 Å². The Morgan fingerprint density at radius 1 is 1.29 bits per heavy atom. The Bertz CT molecular complexity index is 433. The van der Waals surface area contributed by atoms with Crippen molar-refractivity contribution in [3.05, 3.63) is 35.9 Å². The normalized spacial score (nSPS) is 18.4. The number of methoxy groups -OCH3 is 1. The van der Waals surface area contributed by atoms with Gasteiger partial charge in [0.1, 0.15) is 6.04 Å². The number of nitrogens with two attached hydrogens (primary N) is 1. The summed E-state index contributed by atoms with van der Waals surface area (Å²) in [6.07, 6.45) is 5.45. The van der Waals surface area contributed by atoms with Gasteiger partial charge < -0.3 is 15.8 Å². The number of nitrogens with one attached hydrogen (secondary N) is 1. The summed E-state index contributed by atoms with van der Waals surface area (Å²) >= 11 is 0. The van der Waals surface area contributed by atoms with Gasteiger partial charge in [0.05, 0.1) is 12.1 Å². The molecule has 118 valence electrons. The maximum atomic E-state index is 12.3. The fourth-order valence-electron chi connectivity index (χ4n) is 2.98. The smallest absolute Gasteiger partial charge is 0.239 e. The molecule has 0 aromatic heterocycles. The largest absolute Gasteiger partial charge is 0.383 e. The van der Waals surface area contributed by atoms with Crippen LogP contribution in [0.1, 0.15) is 37.7 Å². The van der Waals surface area contributed by atoms with Gasteiger partial charge in [-0.05, 0) is 18.4 Å². The topological polar surface area (TPSA) is 64.3 Å². The number of ether oxygens (including phenoxy) is 1. The van der Waals surface area contributed by atoms with Crippen molar-refractivity contribution < 1.29 is 9.53 Å². The summed E-state index contributed by atoms with van der Waals surface area (Å²) in [6.45, 7) is 0.247. The molecule has 1 unspecified atom stereocenters. The number of rotatable bonds is 5. The Kier molecular flexibility index (Phi) is 7.15. The fraction of sp³-hybridized carbons (Fsp3) is 0.562. The molecule has 0 aliphatic heterocycles. The van der Waals surface area contributed by atoms with Gasteiger partial charge in [-0.1, -0.05) is 49.6 Å². The second-order valence-corrected chi connectivity index (χ2v) is 5.56. The summed E-state index contributed by atoms with van der Waals surface area (Å²) in [5, 5.41) is 3.19. The number of benzene rings is 1. The predicted octanol–water partition coefficient (Wildman–Crippen LogP) is 2.36. The average molecular weight is 313 g/mol. The molecule has 1 atom stereocenters. The van der Waals surface area contributed by atoms with Gasteiger partial charge in [0.2, 0.25) is 5.91 Å². The van der Waals surface area contributed by atoms with E-state index in [2.05, 4.69) is 17.4 Å². The molecule has 0 radical (unpaired) electrons. The molecule has 0 saturated heterocycles. The third kappa shape index (κ3) is 4.43. The molecule has 5 heteroatoms. The molecule has 1 aliphatic rings. The molecule has 1 aromatic rings. The molecule has 3 N–H and O–H groups in total. The van der Waals surface area contributed by atoms with Crippen molar-refractivity contribution in [3.8, 4) is 0 Å². The fourth-order valence-corrected chi connectivity index (χ4v) is 2.98. The first-order valence-corrected chi connectivity index (χ1v) is 7.30. The van der Waals surface area contributed by atoms with Crippen molar-refractivity contribution in [2.75, 3.05) is 13.7 Å². The van der Waals surface area contributed by atoms with Crippen LogP contribution in [0.2, 0.25) is 0 Å². The summed E-state index contributed by atoms with van der Waals surface area (Å²) in [5.74, 6) is -0.127. The molecule has 0 bridgehead atoms. The van der Waals surface area contributed by atoms with Crippen molar-refractivity contribution in [2.45, 2.75) is 43.7 Å². The minimum atomic E-state index is -0.609. The molecule has 1 aromatic carbocycles. The molecule has 1 fully saturated rings. The Morgan fingerprint density at radius 2 is 1.90 bits per heavy atom. The first kappa shape index (κ1) is 18.0. The third-order valence-electron chi connectivity index (χ3n) is 4.08. The van der Waals surface area contributed by atoms with Crippen LogP contribution in [0.15, 0.2) is 30.3 Å². The second kappa shape index (κ2) is 8.37. The standard InChI is InChI=1S/C16H24N2O2.ClH/c1-20-12-14(17)15(19)18-16(10-6-3-7-11-16)13-8-4-2-5-9-13;/h2,4-5,8-9,14H,3,6-7,10-12,17H2,1H3,(H,18,19);1H. The van der Waals surface area contributed by atoms with E-state index in [0.717, 1.165) is 25.7 Å². The maximum Gasteiger partial charge on any atom is 0.239 e. The summed E-state index contributed by atoms with van der Waals surface area (Å²) in [6, 6.07) is 9.61. The van der Waals surface area contributed by atoms with Crippen LogP contribution in [-0.2, 0) is 15.1 Å². The van der Waals surface area contributed by atoms with Crippen LogP contribution < -0.4 is 11.1 Å². The zero-order chi connectivity index (χ0) is 14.4. The van der Waals surface area contributed by atoms with E-state index in [9.17, 15) is 4.79 Å². The Morgan fingerprint density at radius 3 is 2.48 bits per heavy atom. The number of carbonyl (C=O) groups excluding carboxylic acids is 1. The van der Waals surface area contributed by atoms with Gasteiger partial charge in [-0.2, -0.15) is 0 Å². The van der Waals surface area contributed by atoms with Crippen LogP contribution in [0.25, 0.3) is 0 Å². The lowest BCUT2D eigenvalue weighted by Crippen LogP contribution is -2.53. The SMILES string of the molecule is COCC(N)C(=O)NC1(c2ccccc2)CCCCC1.Cl. The van der Waals surface area contributed by atoms with Gasteiger partial charge in [-0.3, -0.25) is 4.79 Å². The Hall–Kier alpha value is -1.10. The van der Waals surface area contributed by atoms with E-state index in [1.165, 1.54) is 12.0 Å². The van der Waals surface area contributed by atoms with Crippen molar-refractivity contribution in [2.24, 2.45) is 5.73 Å². The Labute approximate surface area is 132 Å².